The Morgan fingerprint density at radius 1 is 1.35 bits per heavy atom. The number of carbonyl (C=O) groups excluding carboxylic acids is 1. The van der Waals surface area contributed by atoms with Gasteiger partial charge in [-0.05, 0) is 37.3 Å². The molecule has 0 bridgehead atoms. The third-order valence-electron chi connectivity index (χ3n) is 5.09. The predicted molar refractivity (Wildman–Crippen MR) is 87.8 cm³/mol. The minimum absolute atomic E-state index is 0.0706. The quantitative estimate of drug-likeness (QED) is 0.876. The normalized spacial score (nSPS) is 23.2. The Morgan fingerprint density at radius 3 is 2.83 bits per heavy atom. The highest BCUT2D eigenvalue weighted by molar-refractivity contribution is 5.77. The van der Waals surface area contributed by atoms with Crippen molar-refractivity contribution in [3.05, 3.63) is 30.1 Å². The zero-order chi connectivity index (χ0) is 16.3. The van der Waals surface area contributed by atoms with E-state index in [1.807, 2.05) is 11.0 Å². The minimum atomic E-state index is -0.793. The standard InChI is InChI=1S/C18H25FN2O2/c19-15-5-1-2-6-16(15)21-10-7-14(13-21)12-20-17(22)11-18(23)8-3-4-9-18/h1-2,5-6,14,23H,3-4,7-13H2,(H,20,22). The van der Waals surface area contributed by atoms with E-state index in [2.05, 4.69) is 5.32 Å². The van der Waals surface area contributed by atoms with Crippen LogP contribution in [0.5, 0.6) is 0 Å². The first kappa shape index (κ1) is 16.2. The van der Waals surface area contributed by atoms with Gasteiger partial charge in [0.25, 0.3) is 0 Å². The molecule has 1 amide bonds. The lowest BCUT2D eigenvalue weighted by atomic mass is 9.97. The van der Waals surface area contributed by atoms with E-state index in [0.717, 1.165) is 45.2 Å². The van der Waals surface area contributed by atoms with E-state index >= 15 is 0 Å². The number of hydrogen-bond acceptors (Lipinski definition) is 3. The largest absolute Gasteiger partial charge is 0.389 e. The summed E-state index contributed by atoms with van der Waals surface area (Å²) in [4.78, 5) is 14.1. The molecular weight excluding hydrogens is 295 g/mol. The van der Waals surface area contributed by atoms with Crippen molar-refractivity contribution in [2.45, 2.75) is 44.1 Å². The molecular formula is C18H25FN2O2. The number of hydrogen-bond donors (Lipinski definition) is 2. The summed E-state index contributed by atoms with van der Waals surface area (Å²) in [7, 11) is 0. The van der Waals surface area contributed by atoms with E-state index in [1.54, 1.807) is 12.1 Å². The summed E-state index contributed by atoms with van der Waals surface area (Å²) in [6, 6.07) is 6.81. The van der Waals surface area contributed by atoms with Crippen LogP contribution in [0.2, 0.25) is 0 Å². The molecule has 3 rings (SSSR count). The van der Waals surface area contributed by atoms with Crippen LogP contribution in [0.15, 0.2) is 24.3 Å². The maximum Gasteiger partial charge on any atom is 0.222 e. The fourth-order valence-corrected chi connectivity index (χ4v) is 3.76. The highest BCUT2D eigenvalue weighted by atomic mass is 19.1. The Hall–Kier alpha value is -1.62. The number of aliphatic hydroxyl groups is 1. The van der Waals surface area contributed by atoms with Gasteiger partial charge in [-0.2, -0.15) is 0 Å². The van der Waals surface area contributed by atoms with Gasteiger partial charge < -0.3 is 15.3 Å². The number of rotatable bonds is 5. The highest BCUT2D eigenvalue weighted by Crippen LogP contribution is 2.32. The molecule has 1 aliphatic carbocycles. The van der Waals surface area contributed by atoms with Gasteiger partial charge in [0.2, 0.25) is 5.91 Å². The van der Waals surface area contributed by atoms with Gasteiger partial charge in [0.1, 0.15) is 5.82 Å². The molecule has 0 radical (unpaired) electrons. The number of carbonyl (C=O) groups is 1. The molecule has 4 nitrogen and oxygen atoms in total. The highest BCUT2D eigenvalue weighted by Gasteiger charge is 2.33. The second kappa shape index (κ2) is 6.87. The number of nitrogens with zero attached hydrogens (tertiary/aromatic N) is 1. The van der Waals surface area contributed by atoms with Gasteiger partial charge in [0.15, 0.2) is 0 Å². The summed E-state index contributed by atoms with van der Waals surface area (Å²) in [5.74, 6) is 0.0659. The van der Waals surface area contributed by atoms with Gasteiger partial charge in [-0.25, -0.2) is 4.39 Å². The van der Waals surface area contributed by atoms with Crippen molar-refractivity contribution in [2.75, 3.05) is 24.5 Å². The lowest BCUT2D eigenvalue weighted by Crippen LogP contribution is -2.37. The fourth-order valence-electron chi connectivity index (χ4n) is 3.76. The van der Waals surface area contributed by atoms with Gasteiger partial charge in [-0.3, -0.25) is 4.79 Å². The summed E-state index contributed by atoms with van der Waals surface area (Å²) < 4.78 is 13.8. The first-order chi connectivity index (χ1) is 11.1. The Balaban J connectivity index is 1.45. The van der Waals surface area contributed by atoms with Crippen LogP contribution < -0.4 is 10.2 Å². The van der Waals surface area contributed by atoms with E-state index in [0.29, 0.717) is 18.2 Å². The van der Waals surface area contributed by atoms with Gasteiger partial charge in [0, 0.05) is 19.6 Å². The van der Waals surface area contributed by atoms with Crippen LogP contribution in [0.3, 0.4) is 0 Å². The van der Waals surface area contributed by atoms with Crippen molar-refractivity contribution >= 4 is 11.6 Å². The first-order valence-corrected chi connectivity index (χ1v) is 8.54. The average Bonchev–Trinajstić information content (AvgIpc) is 3.15. The maximum atomic E-state index is 13.8. The fraction of sp³-hybridized carbons (Fsp3) is 0.611. The third-order valence-corrected chi connectivity index (χ3v) is 5.09. The molecule has 1 heterocycles. The van der Waals surface area contributed by atoms with Crippen LogP contribution in [-0.4, -0.2) is 36.2 Å². The summed E-state index contributed by atoms with van der Waals surface area (Å²) in [5, 5.41) is 13.2. The van der Waals surface area contributed by atoms with Crippen LogP contribution in [0, 0.1) is 11.7 Å². The number of benzene rings is 1. The predicted octanol–water partition coefficient (Wildman–Crippen LogP) is 2.46. The smallest absolute Gasteiger partial charge is 0.222 e. The average molecular weight is 320 g/mol. The zero-order valence-electron chi connectivity index (χ0n) is 13.4. The van der Waals surface area contributed by atoms with E-state index < -0.39 is 5.60 Å². The van der Waals surface area contributed by atoms with Crippen LogP contribution in [0.1, 0.15) is 38.5 Å². The summed E-state index contributed by atoms with van der Waals surface area (Å²) in [6.45, 7) is 2.16. The van der Waals surface area contributed by atoms with Crippen LogP contribution >= 0.6 is 0 Å². The minimum Gasteiger partial charge on any atom is -0.389 e. The van der Waals surface area contributed by atoms with E-state index in [1.165, 1.54) is 6.07 Å². The molecule has 126 valence electrons. The molecule has 2 N–H and O–H groups in total. The second-order valence-electron chi connectivity index (χ2n) is 6.96. The molecule has 1 atom stereocenters. The molecule has 23 heavy (non-hydrogen) atoms. The number of para-hydroxylation sites is 1. The monoisotopic (exact) mass is 320 g/mol. The Morgan fingerprint density at radius 2 is 2.09 bits per heavy atom. The first-order valence-electron chi connectivity index (χ1n) is 8.54. The lowest BCUT2D eigenvalue weighted by molar-refractivity contribution is -0.126. The second-order valence-corrected chi connectivity index (χ2v) is 6.96. The van der Waals surface area contributed by atoms with Crippen molar-refractivity contribution in [3.63, 3.8) is 0 Å². The number of anilines is 1. The summed E-state index contributed by atoms with van der Waals surface area (Å²) in [5.41, 5.74) is -0.152. The van der Waals surface area contributed by atoms with Gasteiger partial charge in [-0.1, -0.05) is 25.0 Å². The Kier molecular flexibility index (Phi) is 4.85. The van der Waals surface area contributed by atoms with Gasteiger partial charge >= 0.3 is 0 Å². The van der Waals surface area contributed by atoms with Crippen molar-refractivity contribution in [1.29, 1.82) is 0 Å². The van der Waals surface area contributed by atoms with Gasteiger partial charge in [-0.15, -0.1) is 0 Å². The number of amides is 1. The molecule has 0 aromatic heterocycles. The number of nitrogens with one attached hydrogen (secondary N) is 1. The molecule has 1 aromatic carbocycles. The van der Waals surface area contributed by atoms with Crippen LogP contribution in [0.4, 0.5) is 10.1 Å². The van der Waals surface area contributed by atoms with Gasteiger partial charge in [0.05, 0.1) is 17.7 Å². The Bertz CT molecular complexity index is 558. The van der Waals surface area contributed by atoms with Crippen molar-refractivity contribution < 1.29 is 14.3 Å². The van der Waals surface area contributed by atoms with E-state index in [4.69, 9.17) is 0 Å². The third kappa shape index (κ3) is 4.02. The SMILES string of the molecule is O=C(CC1(O)CCCC1)NCC1CCN(c2ccccc2F)C1. The Labute approximate surface area is 136 Å². The molecule has 1 saturated heterocycles. The topological polar surface area (TPSA) is 52.6 Å². The molecule has 0 spiro atoms. The molecule has 1 aliphatic heterocycles. The summed E-state index contributed by atoms with van der Waals surface area (Å²) >= 11 is 0. The maximum absolute atomic E-state index is 13.8. The molecule has 2 fully saturated rings. The van der Waals surface area contributed by atoms with E-state index in [9.17, 15) is 14.3 Å². The van der Waals surface area contributed by atoms with Crippen molar-refractivity contribution in [2.24, 2.45) is 5.92 Å². The molecule has 5 heteroatoms. The lowest BCUT2D eigenvalue weighted by Gasteiger charge is -2.22. The molecule has 1 unspecified atom stereocenters. The molecule has 2 aliphatic rings. The van der Waals surface area contributed by atoms with Crippen molar-refractivity contribution in [3.8, 4) is 0 Å². The summed E-state index contributed by atoms with van der Waals surface area (Å²) in [6.07, 6.45) is 4.61. The molecule has 1 saturated carbocycles. The molecule has 1 aromatic rings. The van der Waals surface area contributed by atoms with Crippen LogP contribution in [-0.2, 0) is 4.79 Å². The van der Waals surface area contributed by atoms with Crippen LogP contribution in [0.25, 0.3) is 0 Å². The van der Waals surface area contributed by atoms with E-state index in [-0.39, 0.29) is 18.1 Å². The zero-order valence-corrected chi connectivity index (χ0v) is 13.4. The number of halogens is 1. The van der Waals surface area contributed by atoms with Crippen molar-refractivity contribution in [1.82, 2.24) is 5.32 Å².